The van der Waals surface area contributed by atoms with Crippen molar-refractivity contribution in [2.24, 2.45) is 16.8 Å². The third-order valence-electron chi connectivity index (χ3n) is 3.03. The van der Waals surface area contributed by atoms with Gasteiger partial charge in [-0.2, -0.15) is 18.4 Å². The number of alkyl halides is 3. The molecule has 0 bridgehead atoms. The average molecular weight is 276 g/mol. The number of rotatable bonds is 4. The lowest BCUT2D eigenvalue weighted by molar-refractivity contribution is -0.182. The first-order valence-corrected chi connectivity index (χ1v) is 6.52. The predicted molar refractivity (Wildman–Crippen MR) is 67.4 cm³/mol. The van der Waals surface area contributed by atoms with Gasteiger partial charge in [-0.3, -0.25) is 4.99 Å². The van der Waals surface area contributed by atoms with E-state index in [-0.39, 0.29) is 18.2 Å². The minimum Gasteiger partial charge on any atom is -0.281 e. The van der Waals surface area contributed by atoms with E-state index in [0.29, 0.717) is 11.5 Å². The molecule has 0 saturated carbocycles. The summed E-state index contributed by atoms with van der Waals surface area (Å²) >= 11 is 1.29. The summed E-state index contributed by atoms with van der Waals surface area (Å²) in [5, 5.41) is 9.03. The number of aliphatic imine (C=N–C) groups is 1. The largest absolute Gasteiger partial charge is 0.391 e. The SMILES string of the molecule is C=CC[C@H]1SC(CC#N)=NC[C@H]1C(C)C(F)(F)F. The molecule has 1 unspecified atom stereocenters. The van der Waals surface area contributed by atoms with E-state index in [1.807, 2.05) is 6.07 Å². The normalized spacial score (nSPS) is 26.1. The van der Waals surface area contributed by atoms with Crippen molar-refractivity contribution in [3.05, 3.63) is 12.7 Å². The Kier molecular flexibility index (Phi) is 5.27. The number of hydrogen-bond donors (Lipinski definition) is 0. The van der Waals surface area contributed by atoms with E-state index in [1.54, 1.807) is 6.08 Å². The summed E-state index contributed by atoms with van der Waals surface area (Å²) in [6.07, 6.45) is -1.90. The van der Waals surface area contributed by atoms with Gasteiger partial charge in [-0.05, 0) is 6.42 Å². The molecule has 0 aromatic rings. The molecule has 0 saturated heterocycles. The number of thioether (sulfide) groups is 1. The zero-order valence-corrected chi connectivity index (χ0v) is 10.9. The molecular formula is C12H15F3N2S. The Balaban J connectivity index is 2.84. The Hall–Kier alpha value is -0.960. The second-order valence-electron chi connectivity index (χ2n) is 4.24. The molecule has 0 fully saturated rings. The topological polar surface area (TPSA) is 36.1 Å². The van der Waals surface area contributed by atoms with E-state index >= 15 is 0 Å². The first-order chi connectivity index (χ1) is 8.40. The number of nitrogens with zero attached hydrogens (tertiary/aromatic N) is 2. The Bertz CT molecular complexity index is 370. The molecule has 3 atom stereocenters. The molecule has 0 radical (unpaired) electrons. The van der Waals surface area contributed by atoms with Crippen LogP contribution in [0.1, 0.15) is 19.8 Å². The fourth-order valence-electron chi connectivity index (χ4n) is 1.90. The van der Waals surface area contributed by atoms with Gasteiger partial charge in [0.1, 0.15) is 0 Å². The molecule has 18 heavy (non-hydrogen) atoms. The number of hydrogen-bond acceptors (Lipinski definition) is 3. The Morgan fingerprint density at radius 1 is 1.67 bits per heavy atom. The summed E-state index contributed by atoms with van der Waals surface area (Å²) in [6, 6.07) is 1.97. The van der Waals surface area contributed by atoms with Gasteiger partial charge >= 0.3 is 6.18 Å². The Labute approximate surface area is 109 Å². The van der Waals surface area contributed by atoms with Crippen molar-refractivity contribution in [1.29, 1.82) is 5.26 Å². The highest BCUT2D eigenvalue weighted by Gasteiger charge is 2.45. The summed E-state index contributed by atoms with van der Waals surface area (Å²) in [4.78, 5) is 4.09. The van der Waals surface area contributed by atoms with Crippen LogP contribution in [0.3, 0.4) is 0 Å². The predicted octanol–water partition coefficient (Wildman–Crippen LogP) is 3.80. The van der Waals surface area contributed by atoms with Crippen molar-refractivity contribution in [2.45, 2.75) is 31.2 Å². The van der Waals surface area contributed by atoms with Gasteiger partial charge in [0.05, 0.1) is 23.5 Å². The van der Waals surface area contributed by atoms with Gasteiger partial charge in [0.15, 0.2) is 0 Å². The number of halogens is 3. The molecule has 6 heteroatoms. The zero-order valence-electron chi connectivity index (χ0n) is 10.1. The maximum absolute atomic E-state index is 12.8. The molecule has 1 heterocycles. The van der Waals surface area contributed by atoms with Gasteiger partial charge in [-0.15, -0.1) is 18.3 Å². The minimum atomic E-state index is -4.20. The van der Waals surface area contributed by atoms with Crippen molar-refractivity contribution < 1.29 is 13.2 Å². The molecule has 0 aliphatic carbocycles. The molecule has 0 N–H and O–H groups in total. The second kappa shape index (κ2) is 6.28. The van der Waals surface area contributed by atoms with E-state index in [1.165, 1.54) is 18.7 Å². The third-order valence-corrected chi connectivity index (χ3v) is 4.42. The molecule has 0 aromatic heterocycles. The van der Waals surface area contributed by atoms with Gasteiger partial charge in [0.25, 0.3) is 0 Å². The summed E-state index contributed by atoms with van der Waals surface area (Å²) in [5.74, 6) is -1.93. The molecule has 100 valence electrons. The highest BCUT2D eigenvalue weighted by molar-refractivity contribution is 8.14. The van der Waals surface area contributed by atoms with Crippen LogP contribution in [-0.4, -0.2) is 23.0 Å². The third kappa shape index (κ3) is 3.77. The van der Waals surface area contributed by atoms with Crippen molar-refractivity contribution >= 4 is 16.8 Å². The summed E-state index contributed by atoms with van der Waals surface area (Å²) < 4.78 is 38.3. The molecule has 0 amide bonds. The second-order valence-corrected chi connectivity index (χ2v) is 5.56. The number of allylic oxidation sites excluding steroid dienone is 1. The van der Waals surface area contributed by atoms with Crippen LogP contribution >= 0.6 is 11.8 Å². The Morgan fingerprint density at radius 2 is 2.33 bits per heavy atom. The van der Waals surface area contributed by atoms with E-state index in [4.69, 9.17) is 5.26 Å². The molecule has 1 rings (SSSR count). The lowest BCUT2D eigenvalue weighted by Gasteiger charge is -2.34. The summed E-state index contributed by atoms with van der Waals surface area (Å²) in [7, 11) is 0. The Morgan fingerprint density at radius 3 is 2.83 bits per heavy atom. The fraction of sp³-hybridized carbons (Fsp3) is 0.667. The van der Waals surface area contributed by atoms with Crippen molar-refractivity contribution in [1.82, 2.24) is 0 Å². The van der Waals surface area contributed by atoms with Crippen molar-refractivity contribution in [2.75, 3.05) is 6.54 Å². The van der Waals surface area contributed by atoms with Crippen LogP contribution in [0, 0.1) is 23.2 Å². The lowest BCUT2D eigenvalue weighted by atomic mass is 9.88. The molecule has 1 aliphatic heterocycles. The van der Waals surface area contributed by atoms with Gasteiger partial charge in [-0.25, -0.2) is 0 Å². The van der Waals surface area contributed by atoms with Crippen molar-refractivity contribution in [3.8, 4) is 6.07 Å². The monoisotopic (exact) mass is 276 g/mol. The molecule has 1 aliphatic rings. The zero-order chi connectivity index (χ0) is 13.8. The van der Waals surface area contributed by atoms with E-state index < -0.39 is 18.0 Å². The molecular weight excluding hydrogens is 261 g/mol. The highest BCUT2D eigenvalue weighted by Crippen LogP contribution is 2.41. The van der Waals surface area contributed by atoms with E-state index in [0.717, 1.165) is 0 Å². The van der Waals surface area contributed by atoms with Crippen LogP contribution in [0.15, 0.2) is 17.6 Å². The summed E-state index contributed by atoms with van der Waals surface area (Å²) in [6.45, 7) is 4.92. The van der Waals surface area contributed by atoms with Crippen LogP contribution in [0.4, 0.5) is 13.2 Å². The van der Waals surface area contributed by atoms with Gasteiger partial charge in [0.2, 0.25) is 0 Å². The maximum Gasteiger partial charge on any atom is 0.391 e. The van der Waals surface area contributed by atoms with Crippen LogP contribution in [-0.2, 0) is 0 Å². The molecule has 0 spiro atoms. The molecule has 0 aromatic carbocycles. The van der Waals surface area contributed by atoms with Crippen molar-refractivity contribution in [3.63, 3.8) is 0 Å². The van der Waals surface area contributed by atoms with Gasteiger partial charge < -0.3 is 0 Å². The smallest absolute Gasteiger partial charge is 0.281 e. The van der Waals surface area contributed by atoms with Crippen LogP contribution < -0.4 is 0 Å². The minimum absolute atomic E-state index is 0.142. The van der Waals surface area contributed by atoms with Gasteiger partial charge in [-0.1, -0.05) is 13.0 Å². The quantitative estimate of drug-likeness (QED) is 0.732. The number of nitriles is 1. The van der Waals surface area contributed by atoms with E-state index in [2.05, 4.69) is 11.6 Å². The van der Waals surface area contributed by atoms with Gasteiger partial charge in [0, 0.05) is 17.7 Å². The fourth-order valence-corrected chi connectivity index (χ4v) is 3.27. The van der Waals surface area contributed by atoms with E-state index in [9.17, 15) is 13.2 Å². The standard InChI is InChI=1S/C12H15F3N2S/c1-3-4-10-9(8(2)12(13,14)15)7-17-11(18-10)5-6-16/h3,8-10H,1,4-5,7H2,2H3/t8?,9-,10+/m0/s1. The van der Waals surface area contributed by atoms with Crippen LogP contribution in [0.25, 0.3) is 0 Å². The van der Waals surface area contributed by atoms with Crippen LogP contribution in [0.5, 0.6) is 0 Å². The highest BCUT2D eigenvalue weighted by atomic mass is 32.2. The summed E-state index contributed by atoms with van der Waals surface area (Å²) in [5.41, 5.74) is 0. The first kappa shape index (κ1) is 15.1. The maximum atomic E-state index is 12.8. The first-order valence-electron chi connectivity index (χ1n) is 5.64. The van der Waals surface area contributed by atoms with Crippen LogP contribution in [0.2, 0.25) is 0 Å². The lowest BCUT2D eigenvalue weighted by Crippen LogP contribution is -2.38. The average Bonchev–Trinajstić information content (AvgIpc) is 2.28. The molecule has 2 nitrogen and oxygen atoms in total.